The van der Waals surface area contributed by atoms with Crippen molar-refractivity contribution in [2.24, 2.45) is 5.92 Å². The van der Waals surface area contributed by atoms with Crippen molar-refractivity contribution < 1.29 is 5.11 Å². The Bertz CT molecular complexity index is 481. The van der Waals surface area contributed by atoms with E-state index in [4.69, 9.17) is 0 Å². The van der Waals surface area contributed by atoms with Crippen LogP contribution in [-0.4, -0.2) is 27.3 Å². The van der Waals surface area contributed by atoms with Crippen molar-refractivity contribution in [2.45, 2.75) is 44.2 Å². The van der Waals surface area contributed by atoms with Crippen molar-refractivity contribution in [3.8, 4) is 0 Å². The number of rotatable bonds is 4. The molecule has 1 aromatic rings. The number of hydrogen-bond acceptors (Lipinski definition) is 4. The smallest absolute Gasteiger partial charge is 0.293 e. The molecule has 2 unspecified atom stereocenters. The molecule has 1 heterocycles. The van der Waals surface area contributed by atoms with Gasteiger partial charge in [-0.3, -0.25) is 4.79 Å². The third-order valence-electron chi connectivity index (χ3n) is 3.88. The van der Waals surface area contributed by atoms with Crippen LogP contribution in [-0.2, 0) is 0 Å². The van der Waals surface area contributed by atoms with Gasteiger partial charge in [0.1, 0.15) is 0 Å². The van der Waals surface area contributed by atoms with E-state index >= 15 is 0 Å². The van der Waals surface area contributed by atoms with Gasteiger partial charge in [-0.1, -0.05) is 0 Å². The molecule has 0 aliphatic heterocycles. The quantitative estimate of drug-likeness (QED) is 0.840. The SMILES string of the molecule is O=c1c(NCC2CCC(O)C2)nccn1C1CC1. The highest BCUT2D eigenvalue weighted by molar-refractivity contribution is 5.31. The van der Waals surface area contributed by atoms with E-state index in [1.165, 1.54) is 0 Å². The van der Waals surface area contributed by atoms with Crippen LogP contribution < -0.4 is 10.9 Å². The third-order valence-corrected chi connectivity index (χ3v) is 3.88. The van der Waals surface area contributed by atoms with Crippen LogP contribution >= 0.6 is 0 Å². The van der Waals surface area contributed by atoms with Crippen LogP contribution in [0.5, 0.6) is 0 Å². The lowest BCUT2D eigenvalue weighted by molar-refractivity contribution is 0.178. The Morgan fingerprint density at radius 2 is 2.22 bits per heavy atom. The zero-order chi connectivity index (χ0) is 12.5. The molecule has 2 atom stereocenters. The van der Waals surface area contributed by atoms with E-state index in [1.54, 1.807) is 17.0 Å². The summed E-state index contributed by atoms with van der Waals surface area (Å²) in [4.78, 5) is 16.2. The lowest BCUT2D eigenvalue weighted by Gasteiger charge is -2.12. The second-order valence-corrected chi connectivity index (χ2v) is 5.43. The summed E-state index contributed by atoms with van der Waals surface area (Å²) in [6, 6.07) is 0.384. The molecule has 98 valence electrons. The highest BCUT2D eigenvalue weighted by atomic mass is 16.3. The number of aromatic nitrogens is 2. The normalized spacial score (nSPS) is 27.4. The van der Waals surface area contributed by atoms with Crippen LogP contribution in [0, 0.1) is 5.92 Å². The van der Waals surface area contributed by atoms with Gasteiger partial charge in [-0.15, -0.1) is 0 Å². The molecule has 1 aromatic heterocycles. The van der Waals surface area contributed by atoms with Gasteiger partial charge in [-0.05, 0) is 38.0 Å². The van der Waals surface area contributed by atoms with Gasteiger partial charge in [-0.25, -0.2) is 4.98 Å². The molecule has 5 heteroatoms. The fourth-order valence-corrected chi connectivity index (χ4v) is 2.66. The summed E-state index contributed by atoms with van der Waals surface area (Å²) >= 11 is 0. The third kappa shape index (κ3) is 2.41. The molecule has 0 radical (unpaired) electrons. The van der Waals surface area contributed by atoms with Crippen LogP contribution in [0.2, 0.25) is 0 Å². The lowest BCUT2D eigenvalue weighted by Crippen LogP contribution is -2.25. The second-order valence-electron chi connectivity index (χ2n) is 5.43. The van der Waals surface area contributed by atoms with E-state index in [-0.39, 0.29) is 11.7 Å². The molecule has 0 amide bonds. The van der Waals surface area contributed by atoms with E-state index in [0.29, 0.717) is 17.8 Å². The standard InChI is InChI=1S/C13H19N3O2/c17-11-4-1-9(7-11)8-15-12-13(18)16(6-5-14-12)10-2-3-10/h5-6,9-11,17H,1-4,7-8H2,(H,14,15). The van der Waals surface area contributed by atoms with Gasteiger partial charge in [0.2, 0.25) is 0 Å². The van der Waals surface area contributed by atoms with Crippen LogP contribution in [0.3, 0.4) is 0 Å². The largest absolute Gasteiger partial charge is 0.393 e. The molecule has 2 N–H and O–H groups in total. The molecule has 0 saturated heterocycles. The summed E-state index contributed by atoms with van der Waals surface area (Å²) < 4.78 is 1.78. The van der Waals surface area contributed by atoms with Gasteiger partial charge >= 0.3 is 0 Å². The highest BCUT2D eigenvalue weighted by Gasteiger charge is 2.26. The predicted octanol–water partition coefficient (Wildman–Crippen LogP) is 1.15. The van der Waals surface area contributed by atoms with Crippen molar-refractivity contribution in [3.05, 3.63) is 22.7 Å². The molecule has 2 fully saturated rings. The Hall–Kier alpha value is -1.36. The molecule has 2 aliphatic rings. The fourth-order valence-electron chi connectivity index (χ4n) is 2.66. The molecule has 2 aliphatic carbocycles. The summed E-state index contributed by atoms with van der Waals surface area (Å²) in [5, 5.41) is 12.6. The summed E-state index contributed by atoms with van der Waals surface area (Å²) in [5.41, 5.74) is -0.0152. The summed E-state index contributed by atoms with van der Waals surface area (Å²) in [5.74, 6) is 0.904. The minimum absolute atomic E-state index is 0.0152. The zero-order valence-corrected chi connectivity index (χ0v) is 10.4. The number of aliphatic hydroxyl groups is 1. The first-order valence-corrected chi connectivity index (χ1v) is 6.73. The van der Waals surface area contributed by atoms with E-state index in [2.05, 4.69) is 10.3 Å². The number of anilines is 1. The molecule has 0 bridgehead atoms. The van der Waals surface area contributed by atoms with Crippen LogP contribution in [0.15, 0.2) is 17.2 Å². The van der Waals surface area contributed by atoms with Crippen molar-refractivity contribution >= 4 is 5.82 Å². The van der Waals surface area contributed by atoms with Gasteiger partial charge < -0.3 is 15.0 Å². The van der Waals surface area contributed by atoms with Crippen molar-refractivity contribution in [2.75, 3.05) is 11.9 Å². The Morgan fingerprint density at radius 1 is 1.39 bits per heavy atom. The molecule has 5 nitrogen and oxygen atoms in total. The zero-order valence-electron chi connectivity index (χ0n) is 10.4. The molecular weight excluding hydrogens is 230 g/mol. The lowest BCUT2D eigenvalue weighted by atomic mass is 10.1. The van der Waals surface area contributed by atoms with Crippen LogP contribution in [0.25, 0.3) is 0 Å². The number of nitrogens with zero attached hydrogens (tertiary/aromatic N) is 2. The summed E-state index contributed by atoms with van der Waals surface area (Å²) in [6.07, 6.45) is 8.21. The van der Waals surface area contributed by atoms with E-state index < -0.39 is 0 Å². The Labute approximate surface area is 106 Å². The minimum atomic E-state index is -0.163. The molecule has 3 rings (SSSR count). The number of nitrogens with one attached hydrogen (secondary N) is 1. The minimum Gasteiger partial charge on any atom is -0.393 e. The second kappa shape index (κ2) is 4.72. The van der Waals surface area contributed by atoms with Crippen molar-refractivity contribution in [3.63, 3.8) is 0 Å². The van der Waals surface area contributed by atoms with Crippen molar-refractivity contribution in [1.82, 2.24) is 9.55 Å². The molecule has 18 heavy (non-hydrogen) atoms. The molecule has 2 saturated carbocycles. The maximum absolute atomic E-state index is 12.1. The number of aliphatic hydroxyl groups excluding tert-OH is 1. The van der Waals surface area contributed by atoms with Crippen LogP contribution in [0.4, 0.5) is 5.82 Å². The van der Waals surface area contributed by atoms with Gasteiger partial charge in [0, 0.05) is 25.0 Å². The first-order chi connectivity index (χ1) is 8.74. The van der Waals surface area contributed by atoms with Crippen molar-refractivity contribution in [1.29, 1.82) is 0 Å². The van der Waals surface area contributed by atoms with E-state index in [1.807, 2.05) is 0 Å². The van der Waals surface area contributed by atoms with Crippen LogP contribution in [0.1, 0.15) is 38.1 Å². The average Bonchev–Trinajstić information content (AvgIpc) is 3.11. The predicted molar refractivity (Wildman–Crippen MR) is 68.6 cm³/mol. The van der Waals surface area contributed by atoms with Gasteiger partial charge in [0.05, 0.1) is 6.10 Å². The monoisotopic (exact) mass is 249 g/mol. The molecule has 0 aromatic carbocycles. The topological polar surface area (TPSA) is 67.2 Å². The summed E-state index contributed by atoms with van der Waals surface area (Å²) in [6.45, 7) is 0.730. The van der Waals surface area contributed by atoms with Gasteiger partial charge in [0.15, 0.2) is 5.82 Å². The molecular formula is C13H19N3O2. The molecule has 0 spiro atoms. The maximum Gasteiger partial charge on any atom is 0.293 e. The Kier molecular flexibility index (Phi) is 3.07. The van der Waals surface area contributed by atoms with Gasteiger partial charge in [0.25, 0.3) is 5.56 Å². The fraction of sp³-hybridized carbons (Fsp3) is 0.692. The first-order valence-electron chi connectivity index (χ1n) is 6.73. The Balaban J connectivity index is 1.65. The summed E-state index contributed by atoms with van der Waals surface area (Å²) in [7, 11) is 0. The average molecular weight is 249 g/mol. The highest BCUT2D eigenvalue weighted by Crippen LogP contribution is 2.33. The van der Waals surface area contributed by atoms with Gasteiger partial charge in [-0.2, -0.15) is 0 Å². The van der Waals surface area contributed by atoms with E-state index in [0.717, 1.165) is 38.6 Å². The van der Waals surface area contributed by atoms with E-state index in [9.17, 15) is 9.90 Å². The Morgan fingerprint density at radius 3 is 2.89 bits per heavy atom. The maximum atomic E-state index is 12.1. The number of hydrogen-bond donors (Lipinski definition) is 2. The first kappa shape index (κ1) is 11.7.